The van der Waals surface area contributed by atoms with Crippen LogP contribution in [0.25, 0.3) is 0 Å². The topological polar surface area (TPSA) is 78.5 Å². The maximum atomic E-state index is 11.6. The molecule has 104 valence electrons. The summed E-state index contributed by atoms with van der Waals surface area (Å²) in [5, 5.41) is 13.3. The highest BCUT2D eigenvalue weighted by molar-refractivity contribution is 8.00. The average Bonchev–Trinajstić information content (AvgIpc) is 2.32. The molecule has 0 spiro atoms. The molecule has 0 saturated carbocycles. The molecular formula is C11H10Cl2NO4S-. The van der Waals surface area contributed by atoms with Crippen molar-refractivity contribution in [2.75, 3.05) is 23.9 Å². The summed E-state index contributed by atoms with van der Waals surface area (Å²) in [6.45, 7) is 0. The van der Waals surface area contributed by atoms with Gasteiger partial charge in [-0.25, -0.2) is 0 Å². The number of hydrogen-bond acceptors (Lipinski definition) is 5. The smallest absolute Gasteiger partial charge is 0.234 e. The molecule has 5 nitrogen and oxygen atoms in total. The number of benzene rings is 1. The number of rotatable bonds is 6. The lowest BCUT2D eigenvalue weighted by atomic mass is 10.3. The molecule has 19 heavy (non-hydrogen) atoms. The number of aliphatic carboxylic acids is 1. The second kappa shape index (κ2) is 7.47. The number of thioether (sulfide) groups is 1. The van der Waals surface area contributed by atoms with Crippen molar-refractivity contribution in [3.63, 3.8) is 0 Å². The first-order valence-corrected chi connectivity index (χ1v) is 6.95. The van der Waals surface area contributed by atoms with Gasteiger partial charge >= 0.3 is 0 Å². The van der Waals surface area contributed by atoms with E-state index in [0.717, 1.165) is 11.8 Å². The quantitative estimate of drug-likeness (QED) is 0.857. The number of amides is 1. The number of carboxylic acid groups (broad SMARTS) is 1. The van der Waals surface area contributed by atoms with E-state index in [9.17, 15) is 14.7 Å². The van der Waals surface area contributed by atoms with E-state index in [2.05, 4.69) is 5.32 Å². The Morgan fingerprint density at radius 1 is 1.32 bits per heavy atom. The number of carbonyl (C=O) groups excluding carboxylic acids is 2. The van der Waals surface area contributed by atoms with Crippen LogP contribution in [0, 0.1) is 0 Å². The molecule has 0 aliphatic rings. The third kappa shape index (κ3) is 5.18. The summed E-state index contributed by atoms with van der Waals surface area (Å²) in [7, 11) is 1.44. The van der Waals surface area contributed by atoms with Crippen molar-refractivity contribution >= 4 is 52.5 Å². The summed E-state index contributed by atoms with van der Waals surface area (Å²) < 4.78 is 5.00. The van der Waals surface area contributed by atoms with E-state index in [1.54, 1.807) is 0 Å². The SMILES string of the molecule is COc1cc(NC(=O)CSCC(=O)[O-])c(Cl)cc1Cl. The number of anilines is 1. The summed E-state index contributed by atoms with van der Waals surface area (Å²) >= 11 is 12.7. The van der Waals surface area contributed by atoms with Gasteiger partial charge in [0.1, 0.15) is 5.75 Å². The van der Waals surface area contributed by atoms with Crippen molar-refractivity contribution in [2.24, 2.45) is 0 Å². The van der Waals surface area contributed by atoms with Gasteiger partial charge in [0.2, 0.25) is 5.91 Å². The molecular weight excluding hydrogens is 313 g/mol. The standard InChI is InChI=1S/C11H11Cl2NO4S/c1-18-9-3-8(6(12)2-7(9)13)14-10(15)4-19-5-11(16)17/h2-3H,4-5H2,1H3,(H,14,15)(H,16,17)/p-1. The van der Waals surface area contributed by atoms with E-state index < -0.39 is 5.97 Å². The average molecular weight is 323 g/mol. The molecule has 0 saturated heterocycles. The molecule has 0 heterocycles. The number of carboxylic acids is 1. The second-order valence-electron chi connectivity index (χ2n) is 3.38. The molecule has 0 fully saturated rings. The van der Waals surface area contributed by atoms with Crippen molar-refractivity contribution in [1.82, 2.24) is 0 Å². The fourth-order valence-electron chi connectivity index (χ4n) is 1.19. The van der Waals surface area contributed by atoms with Crippen LogP contribution >= 0.6 is 35.0 Å². The van der Waals surface area contributed by atoms with E-state index in [1.807, 2.05) is 0 Å². The van der Waals surface area contributed by atoms with Crippen LogP contribution in [0.1, 0.15) is 0 Å². The molecule has 0 unspecified atom stereocenters. The zero-order valence-electron chi connectivity index (χ0n) is 9.87. The molecule has 0 radical (unpaired) electrons. The molecule has 1 aromatic carbocycles. The van der Waals surface area contributed by atoms with Gasteiger partial charge in [-0.15, -0.1) is 11.8 Å². The number of ether oxygens (including phenoxy) is 1. The molecule has 8 heteroatoms. The molecule has 0 aromatic heterocycles. The van der Waals surface area contributed by atoms with Gasteiger partial charge in [-0.2, -0.15) is 0 Å². The van der Waals surface area contributed by atoms with Gasteiger partial charge in [-0.3, -0.25) is 4.79 Å². The fourth-order valence-corrected chi connectivity index (χ4v) is 2.23. The predicted molar refractivity (Wildman–Crippen MR) is 74.0 cm³/mol. The lowest BCUT2D eigenvalue weighted by molar-refractivity contribution is -0.301. The number of nitrogens with one attached hydrogen (secondary N) is 1. The molecule has 1 amide bonds. The predicted octanol–water partition coefficient (Wildman–Crippen LogP) is 1.42. The Kier molecular flexibility index (Phi) is 6.27. The zero-order chi connectivity index (χ0) is 14.4. The van der Waals surface area contributed by atoms with Crippen molar-refractivity contribution in [3.8, 4) is 5.75 Å². The Bertz CT molecular complexity index is 496. The van der Waals surface area contributed by atoms with E-state index in [4.69, 9.17) is 27.9 Å². The molecule has 0 bridgehead atoms. The maximum Gasteiger partial charge on any atom is 0.234 e. The first-order valence-electron chi connectivity index (χ1n) is 5.04. The highest BCUT2D eigenvalue weighted by Gasteiger charge is 2.10. The van der Waals surface area contributed by atoms with Crippen LogP contribution in [0.3, 0.4) is 0 Å². The summed E-state index contributed by atoms with van der Waals surface area (Å²) in [6.07, 6.45) is 0. The Morgan fingerprint density at radius 3 is 2.58 bits per heavy atom. The maximum absolute atomic E-state index is 11.6. The van der Waals surface area contributed by atoms with Crippen molar-refractivity contribution in [3.05, 3.63) is 22.2 Å². The van der Waals surface area contributed by atoms with Gasteiger partial charge in [0.25, 0.3) is 0 Å². The monoisotopic (exact) mass is 322 g/mol. The second-order valence-corrected chi connectivity index (χ2v) is 5.18. The fraction of sp³-hybridized carbons (Fsp3) is 0.273. The molecule has 1 rings (SSSR count). The van der Waals surface area contributed by atoms with E-state index in [-0.39, 0.29) is 22.4 Å². The lowest BCUT2D eigenvalue weighted by Crippen LogP contribution is -2.25. The highest BCUT2D eigenvalue weighted by Crippen LogP contribution is 2.34. The van der Waals surface area contributed by atoms with Crippen LogP contribution in [0.15, 0.2) is 12.1 Å². The highest BCUT2D eigenvalue weighted by atomic mass is 35.5. The number of carbonyl (C=O) groups is 2. The molecule has 0 atom stereocenters. The first-order chi connectivity index (χ1) is 8.93. The third-order valence-electron chi connectivity index (χ3n) is 1.97. The summed E-state index contributed by atoms with van der Waals surface area (Å²) in [6, 6.07) is 2.94. The van der Waals surface area contributed by atoms with Gasteiger partial charge in [-0.1, -0.05) is 23.2 Å². The molecule has 0 aliphatic heterocycles. The Labute approximate surface area is 124 Å². The van der Waals surface area contributed by atoms with E-state index >= 15 is 0 Å². The van der Waals surface area contributed by atoms with E-state index in [0.29, 0.717) is 16.5 Å². The lowest BCUT2D eigenvalue weighted by Gasteiger charge is -2.10. The van der Waals surface area contributed by atoms with Crippen LogP contribution in [0.2, 0.25) is 10.0 Å². The minimum Gasteiger partial charge on any atom is -0.549 e. The third-order valence-corrected chi connectivity index (χ3v) is 3.48. The van der Waals surface area contributed by atoms with Crippen molar-refractivity contribution < 1.29 is 19.4 Å². The largest absolute Gasteiger partial charge is 0.549 e. The zero-order valence-corrected chi connectivity index (χ0v) is 12.2. The summed E-state index contributed by atoms with van der Waals surface area (Å²) in [5.41, 5.74) is 0.349. The Morgan fingerprint density at radius 2 is 2.00 bits per heavy atom. The molecule has 0 aliphatic carbocycles. The van der Waals surface area contributed by atoms with Crippen LogP contribution in [0.5, 0.6) is 5.75 Å². The van der Waals surface area contributed by atoms with Crippen LogP contribution < -0.4 is 15.2 Å². The van der Waals surface area contributed by atoms with Gasteiger partial charge in [0.05, 0.1) is 34.6 Å². The van der Waals surface area contributed by atoms with Crippen molar-refractivity contribution in [2.45, 2.75) is 0 Å². The Hall–Kier alpha value is -1.11. The summed E-state index contributed by atoms with van der Waals surface area (Å²) in [5.74, 6) is -1.48. The van der Waals surface area contributed by atoms with Crippen LogP contribution in [0.4, 0.5) is 5.69 Å². The number of halogens is 2. The van der Waals surface area contributed by atoms with Crippen molar-refractivity contribution in [1.29, 1.82) is 0 Å². The molecule has 1 aromatic rings. The number of hydrogen-bond donors (Lipinski definition) is 1. The van der Waals surface area contributed by atoms with E-state index in [1.165, 1.54) is 19.2 Å². The number of methoxy groups -OCH3 is 1. The summed E-state index contributed by atoms with van der Waals surface area (Å²) in [4.78, 5) is 21.8. The van der Waals surface area contributed by atoms with Gasteiger partial charge in [-0.05, 0) is 6.07 Å². The minimum atomic E-state index is -1.22. The van der Waals surface area contributed by atoms with Crippen LogP contribution in [-0.4, -0.2) is 30.5 Å². The van der Waals surface area contributed by atoms with Gasteiger partial charge < -0.3 is 20.0 Å². The molecule has 1 N–H and O–H groups in total. The Balaban J connectivity index is 2.66. The van der Waals surface area contributed by atoms with Crippen LogP contribution in [-0.2, 0) is 9.59 Å². The normalized spacial score (nSPS) is 10.1. The first kappa shape index (κ1) is 15.9. The van der Waals surface area contributed by atoms with Gasteiger partial charge in [0, 0.05) is 11.8 Å². The minimum absolute atomic E-state index is 0.0186. The van der Waals surface area contributed by atoms with Gasteiger partial charge in [0.15, 0.2) is 0 Å².